The largest absolute Gasteiger partial charge is 0.376 e. The second kappa shape index (κ2) is 19.9. The van der Waals surface area contributed by atoms with Crippen LogP contribution in [0.5, 0.6) is 0 Å². The number of fused-ring (bicyclic) bond motifs is 1. The van der Waals surface area contributed by atoms with E-state index in [1.807, 2.05) is 86.9 Å². The van der Waals surface area contributed by atoms with Gasteiger partial charge in [-0.2, -0.15) is 0 Å². The van der Waals surface area contributed by atoms with Crippen molar-refractivity contribution in [1.29, 1.82) is 0 Å². The minimum Gasteiger partial charge on any atom is -0.376 e. The zero-order valence-electron chi connectivity index (χ0n) is 33.7. The molecular weight excluding hydrogens is 816 g/mol. The van der Waals surface area contributed by atoms with E-state index in [4.69, 9.17) is 11.6 Å². The highest BCUT2D eigenvalue weighted by Gasteiger charge is 2.25. The molecule has 0 aliphatic carbocycles. The molecule has 0 spiro atoms. The molecular formula is C45H49ClN8O4S2. The quantitative estimate of drug-likeness (QED) is 0.0370. The number of nitro groups is 1. The molecule has 0 radical (unpaired) electrons. The fourth-order valence-electron chi connectivity index (χ4n) is 7.41. The van der Waals surface area contributed by atoms with Crippen LogP contribution in [0, 0.1) is 10.1 Å². The Labute approximate surface area is 361 Å². The Morgan fingerprint density at radius 1 is 0.883 bits per heavy atom. The summed E-state index contributed by atoms with van der Waals surface area (Å²) in [4.78, 5) is 28.3. The Hall–Kier alpha value is -5.25. The number of nitrogens with one attached hydrogen (secondary N) is 2. The smallest absolute Gasteiger partial charge is 0.293 e. The fourth-order valence-corrected chi connectivity index (χ4v) is 9.65. The molecule has 0 saturated carbocycles. The average molecular weight is 866 g/mol. The first-order valence-corrected chi connectivity index (χ1v) is 22.8. The van der Waals surface area contributed by atoms with E-state index in [9.17, 15) is 18.5 Å². The fraction of sp³-hybridized carbons (Fsp3) is 0.289. The number of nitrogens with zero attached hydrogens (tertiary/aromatic N) is 6. The van der Waals surface area contributed by atoms with E-state index in [1.165, 1.54) is 29.6 Å². The Morgan fingerprint density at radius 3 is 2.37 bits per heavy atom. The number of benzene rings is 5. The van der Waals surface area contributed by atoms with E-state index < -0.39 is 14.9 Å². The second-order valence-corrected chi connectivity index (χ2v) is 18.4. The Morgan fingerprint density at radius 2 is 1.63 bits per heavy atom. The first kappa shape index (κ1) is 42.9. The number of unbranched alkanes of at least 4 members (excludes halogenated alkanes) is 1. The second-order valence-electron chi connectivity index (χ2n) is 15.2. The lowest BCUT2D eigenvalue weighted by atomic mass is 9.99. The lowest BCUT2D eigenvalue weighted by Gasteiger charge is -2.36. The molecule has 5 aromatic carbocycles. The number of hydrogen-bond acceptors (Lipinski definition) is 11. The van der Waals surface area contributed by atoms with Gasteiger partial charge in [0.05, 0.1) is 15.3 Å². The van der Waals surface area contributed by atoms with Crippen molar-refractivity contribution < 1.29 is 13.3 Å². The van der Waals surface area contributed by atoms with E-state index in [0.717, 1.165) is 85.8 Å². The van der Waals surface area contributed by atoms with Crippen LogP contribution < -0.4 is 14.9 Å². The number of aromatic nitrogens is 2. The van der Waals surface area contributed by atoms with Crippen LogP contribution in [0.25, 0.3) is 22.0 Å². The molecule has 2 N–H and O–H groups in total. The third kappa shape index (κ3) is 11.1. The SMILES string of the molecule is CN(C)CCCC[C@H](CSc1ccccc1)Nc1ccc(S(=O)(=O)Nc2ncnc3cc(N4CCN(Cc5cc(Cl)ccc5-c5ccccc5)CC4)ccc23)cc1[N+](=O)[O-]. The monoisotopic (exact) mass is 864 g/mol. The molecule has 1 aliphatic heterocycles. The maximum atomic E-state index is 13.8. The van der Waals surface area contributed by atoms with Crippen LogP contribution in [-0.2, 0) is 16.6 Å². The van der Waals surface area contributed by atoms with Crippen LogP contribution in [0.2, 0.25) is 5.02 Å². The van der Waals surface area contributed by atoms with Crippen LogP contribution >= 0.6 is 23.4 Å². The first-order valence-electron chi connectivity index (χ1n) is 20.0. The van der Waals surface area contributed by atoms with Crippen molar-refractivity contribution in [2.75, 3.05) is 67.5 Å². The highest BCUT2D eigenvalue weighted by molar-refractivity contribution is 7.99. The number of anilines is 3. The van der Waals surface area contributed by atoms with Crippen LogP contribution in [0.3, 0.4) is 0 Å². The van der Waals surface area contributed by atoms with E-state index in [0.29, 0.717) is 16.7 Å². The summed E-state index contributed by atoms with van der Waals surface area (Å²) in [5.74, 6) is 0.774. The van der Waals surface area contributed by atoms with Crippen LogP contribution in [0.4, 0.5) is 22.9 Å². The summed E-state index contributed by atoms with van der Waals surface area (Å²) in [6.07, 6.45) is 4.04. The van der Waals surface area contributed by atoms with Gasteiger partial charge in [0.15, 0.2) is 5.82 Å². The molecule has 1 aromatic heterocycles. The summed E-state index contributed by atoms with van der Waals surface area (Å²) >= 11 is 8.11. The molecule has 12 nitrogen and oxygen atoms in total. The number of sulfonamides is 1. The zero-order valence-corrected chi connectivity index (χ0v) is 36.1. The molecule has 0 amide bonds. The van der Waals surface area contributed by atoms with Gasteiger partial charge < -0.3 is 15.1 Å². The molecule has 0 bridgehead atoms. The maximum Gasteiger partial charge on any atom is 0.293 e. The highest BCUT2D eigenvalue weighted by Crippen LogP contribution is 2.33. The Balaban J connectivity index is 1.02. The summed E-state index contributed by atoms with van der Waals surface area (Å²) in [5, 5.41) is 17.0. The molecule has 6 aromatic rings. The van der Waals surface area contributed by atoms with Gasteiger partial charge in [-0.05, 0) is 105 Å². The number of thioether (sulfide) groups is 1. The van der Waals surface area contributed by atoms with Gasteiger partial charge in [-0.25, -0.2) is 18.4 Å². The van der Waals surface area contributed by atoms with Crippen molar-refractivity contribution >= 4 is 67.2 Å². The molecule has 0 unspecified atom stereocenters. The molecule has 1 aliphatic rings. The molecule has 7 rings (SSSR count). The summed E-state index contributed by atoms with van der Waals surface area (Å²) < 4.78 is 30.2. The molecule has 2 heterocycles. The molecule has 60 heavy (non-hydrogen) atoms. The lowest BCUT2D eigenvalue weighted by molar-refractivity contribution is -0.384. The minimum absolute atomic E-state index is 0.0835. The minimum atomic E-state index is -4.27. The van der Waals surface area contributed by atoms with Gasteiger partial charge in [-0.1, -0.05) is 72.6 Å². The van der Waals surface area contributed by atoms with Gasteiger partial charge in [0, 0.05) is 71.6 Å². The van der Waals surface area contributed by atoms with Crippen molar-refractivity contribution in [1.82, 2.24) is 19.8 Å². The molecule has 15 heteroatoms. The zero-order chi connectivity index (χ0) is 42.1. The van der Waals surface area contributed by atoms with Gasteiger partial charge >= 0.3 is 0 Å². The average Bonchev–Trinajstić information content (AvgIpc) is 3.25. The Kier molecular flexibility index (Phi) is 14.2. The van der Waals surface area contributed by atoms with Crippen molar-refractivity contribution in [2.45, 2.75) is 41.6 Å². The number of rotatable bonds is 18. The van der Waals surface area contributed by atoms with Crippen molar-refractivity contribution in [3.63, 3.8) is 0 Å². The predicted molar refractivity (Wildman–Crippen MR) is 245 cm³/mol. The summed E-state index contributed by atoms with van der Waals surface area (Å²) in [6, 6.07) is 36.0. The molecule has 1 saturated heterocycles. The highest BCUT2D eigenvalue weighted by atomic mass is 35.5. The van der Waals surface area contributed by atoms with Crippen LogP contribution in [-0.4, -0.2) is 91.7 Å². The van der Waals surface area contributed by atoms with Gasteiger partial charge in [0.25, 0.3) is 15.7 Å². The van der Waals surface area contributed by atoms with Gasteiger partial charge in [0.1, 0.15) is 12.0 Å². The standard InChI is InChI=1S/C45H49ClN8O4S2/c1-51(2)22-10-9-13-36(31-59-38-14-7-4-8-15-38)49-42-21-18-39(29-44(42)54(55)56)60(57,58)50-45-41-20-17-37(28-43(41)47-32-48-45)53-25-23-52(24-26-53)30-34-27-35(46)16-19-40(34)33-11-5-3-6-12-33/h3-8,11-12,14-21,27-29,32,36,49H,9-10,13,22-26,30-31H2,1-2H3,(H,47,48,50)/t36-/m1/s1. The number of piperazine rings is 1. The summed E-state index contributed by atoms with van der Waals surface area (Å²) in [5.41, 5.74) is 5.02. The Bertz CT molecular complexity index is 2510. The van der Waals surface area contributed by atoms with E-state index in [2.05, 4.69) is 59.0 Å². The van der Waals surface area contributed by atoms with Crippen LogP contribution in [0.1, 0.15) is 24.8 Å². The van der Waals surface area contributed by atoms with Crippen LogP contribution in [0.15, 0.2) is 131 Å². The topological polar surface area (TPSA) is 137 Å². The van der Waals surface area contributed by atoms with Crippen molar-refractivity contribution in [2.24, 2.45) is 0 Å². The third-order valence-electron chi connectivity index (χ3n) is 10.6. The number of hydrogen-bond donors (Lipinski definition) is 2. The first-order chi connectivity index (χ1) is 29.0. The van der Waals surface area contributed by atoms with Gasteiger partial charge in [0.2, 0.25) is 0 Å². The summed E-state index contributed by atoms with van der Waals surface area (Å²) in [6.45, 7) is 5.01. The van der Waals surface area contributed by atoms with E-state index in [-0.39, 0.29) is 28.1 Å². The maximum absolute atomic E-state index is 13.8. The van der Waals surface area contributed by atoms with Crippen molar-refractivity contribution in [3.05, 3.63) is 142 Å². The number of halogens is 1. The predicted octanol–water partition coefficient (Wildman–Crippen LogP) is 9.29. The third-order valence-corrected chi connectivity index (χ3v) is 13.3. The molecule has 1 fully saturated rings. The van der Waals surface area contributed by atoms with E-state index >= 15 is 0 Å². The lowest BCUT2D eigenvalue weighted by Crippen LogP contribution is -2.46. The molecule has 1 atom stereocenters. The van der Waals surface area contributed by atoms with Gasteiger partial charge in [-0.3, -0.25) is 19.7 Å². The van der Waals surface area contributed by atoms with E-state index in [1.54, 1.807) is 11.8 Å². The number of nitro benzene ring substituents is 1. The normalized spacial score (nSPS) is 14.0. The van der Waals surface area contributed by atoms with Gasteiger partial charge in [-0.15, -0.1) is 11.8 Å². The molecule has 312 valence electrons. The summed E-state index contributed by atoms with van der Waals surface area (Å²) in [7, 11) is -0.199. The van der Waals surface area contributed by atoms with Crippen molar-refractivity contribution in [3.8, 4) is 11.1 Å².